The molecule has 0 radical (unpaired) electrons. The molecule has 0 bridgehead atoms. The molecule has 0 fully saturated rings. The van der Waals surface area contributed by atoms with Gasteiger partial charge in [-0.25, -0.2) is 0 Å². The molecule has 25 heavy (non-hydrogen) atoms. The first-order chi connectivity index (χ1) is 12.4. The van der Waals surface area contributed by atoms with Crippen LogP contribution in [0.4, 0.5) is 0 Å². The van der Waals surface area contributed by atoms with Crippen molar-refractivity contribution in [3.05, 3.63) is 84.4 Å². The molecule has 128 valence electrons. The molecule has 0 heterocycles. The van der Waals surface area contributed by atoms with E-state index in [4.69, 9.17) is 4.74 Å². The number of para-hydroxylation sites is 1. The van der Waals surface area contributed by atoms with Crippen molar-refractivity contribution in [2.24, 2.45) is 0 Å². The van der Waals surface area contributed by atoms with Crippen LogP contribution in [-0.4, -0.2) is 0 Å². The fourth-order valence-corrected chi connectivity index (χ4v) is 3.02. The fraction of sp³-hybridized carbons (Fsp3) is 0.250. The van der Waals surface area contributed by atoms with Gasteiger partial charge in [-0.3, -0.25) is 0 Å². The van der Waals surface area contributed by atoms with E-state index in [2.05, 4.69) is 67.6 Å². The molecule has 0 aliphatic rings. The van der Waals surface area contributed by atoms with Crippen molar-refractivity contribution in [2.45, 2.75) is 39.0 Å². The molecular formula is C24H26O. The molecule has 0 saturated carbocycles. The molecule has 0 N–H and O–H groups in total. The SMILES string of the molecule is CCCCCCc1ccc(Oc2ccccc2-c2ccccc2)cc1. The molecular weight excluding hydrogens is 304 g/mol. The summed E-state index contributed by atoms with van der Waals surface area (Å²) < 4.78 is 6.16. The summed E-state index contributed by atoms with van der Waals surface area (Å²) >= 11 is 0. The minimum atomic E-state index is 0.890. The average molecular weight is 330 g/mol. The van der Waals surface area contributed by atoms with Crippen LogP contribution in [0.1, 0.15) is 38.2 Å². The van der Waals surface area contributed by atoms with Crippen LogP contribution in [0.25, 0.3) is 11.1 Å². The Morgan fingerprint density at radius 3 is 2.16 bits per heavy atom. The molecule has 3 aromatic rings. The minimum absolute atomic E-state index is 0.890. The Balaban J connectivity index is 1.69. The van der Waals surface area contributed by atoms with E-state index in [-0.39, 0.29) is 0 Å². The monoisotopic (exact) mass is 330 g/mol. The lowest BCUT2D eigenvalue weighted by Gasteiger charge is -2.12. The molecule has 0 atom stereocenters. The van der Waals surface area contributed by atoms with Gasteiger partial charge in [0.1, 0.15) is 11.5 Å². The van der Waals surface area contributed by atoms with E-state index in [1.165, 1.54) is 36.8 Å². The normalized spacial score (nSPS) is 10.6. The summed E-state index contributed by atoms with van der Waals surface area (Å²) in [4.78, 5) is 0. The summed E-state index contributed by atoms with van der Waals surface area (Å²) in [5.74, 6) is 1.78. The van der Waals surface area contributed by atoms with Crippen LogP contribution in [-0.2, 0) is 6.42 Å². The molecule has 0 saturated heterocycles. The third-order valence-corrected chi connectivity index (χ3v) is 4.44. The maximum absolute atomic E-state index is 6.16. The average Bonchev–Trinajstić information content (AvgIpc) is 2.68. The minimum Gasteiger partial charge on any atom is -0.457 e. The van der Waals surface area contributed by atoms with E-state index in [1.54, 1.807) is 0 Å². The summed E-state index contributed by atoms with van der Waals surface area (Å²) in [7, 11) is 0. The Morgan fingerprint density at radius 1 is 0.680 bits per heavy atom. The zero-order valence-corrected chi connectivity index (χ0v) is 14.9. The molecule has 0 aliphatic heterocycles. The largest absolute Gasteiger partial charge is 0.457 e. The predicted molar refractivity (Wildman–Crippen MR) is 106 cm³/mol. The van der Waals surface area contributed by atoms with Crippen molar-refractivity contribution >= 4 is 0 Å². The van der Waals surface area contributed by atoms with Crippen molar-refractivity contribution in [1.82, 2.24) is 0 Å². The number of rotatable bonds is 8. The van der Waals surface area contributed by atoms with Crippen LogP contribution in [0.15, 0.2) is 78.9 Å². The molecule has 0 aliphatic carbocycles. The summed E-state index contributed by atoms with van der Waals surface area (Å²) in [6.45, 7) is 2.25. The van der Waals surface area contributed by atoms with E-state index in [0.717, 1.165) is 23.5 Å². The standard InChI is InChI=1S/C24H26O/c1-2-3-4-6-11-20-16-18-22(19-17-20)25-24-15-10-9-14-23(24)21-12-7-5-8-13-21/h5,7-10,12-19H,2-4,6,11H2,1H3. The Morgan fingerprint density at radius 2 is 1.40 bits per heavy atom. The van der Waals surface area contributed by atoms with Gasteiger partial charge in [0.05, 0.1) is 0 Å². The number of benzene rings is 3. The van der Waals surface area contributed by atoms with Gasteiger partial charge in [0.15, 0.2) is 0 Å². The van der Waals surface area contributed by atoms with Gasteiger partial charge in [0.2, 0.25) is 0 Å². The molecule has 0 aromatic heterocycles. The zero-order chi connectivity index (χ0) is 17.3. The van der Waals surface area contributed by atoms with Crippen LogP contribution >= 0.6 is 0 Å². The lowest BCUT2D eigenvalue weighted by Crippen LogP contribution is -1.90. The number of aryl methyl sites for hydroxylation is 1. The lowest BCUT2D eigenvalue weighted by molar-refractivity contribution is 0.484. The second kappa shape index (κ2) is 9.08. The quantitative estimate of drug-likeness (QED) is 0.395. The van der Waals surface area contributed by atoms with Gasteiger partial charge in [0, 0.05) is 5.56 Å². The lowest BCUT2D eigenvalue weighted by atomic mass is 10.0. The van der Waals surface area contributed by atoms with Crippen LogP contribution in [0.5, 0.6) is 11.5 Å². The van der Waals surface area contributed by atoms with E-state index >= 15 is 0 Å². The highest BCUT2D eigenvalue weighted by atomic mass is 16.5. The van der Waals surface area contributed by atoms with Crippen LogP contribution in [0, 0.1) is 0 Å². The fourth-order valence-electron chi connectivity index (χ4n) is 3.02. The summed E-state index contributed by atoms with van der Waals surface area (Å²) in [5.41, 5.74) is 3.68. The Labute approximate surface area is 151 Å². The van der Waals surface area contributed by atoms with Crippen molar-refractivity contribution in [2.75, 3.05) is 0 Å². The summed E-state index contributed by atoms with van der Waals surface area (Å²) in [5, 5.41) is 0. The van der Waals surface area contributed by atoms with Crippen molar-refractivity contribution in [1.29, 1.82) is 0 Å². The summed E-state index contributed by atoms with van der Waals surface area (Å²) in [6, 6.07) is 27.1. The van der Waals surface area contributed by atoms with Crippen molar-refractivity contribution in [3.8, 4) is 22.6 Å². The highest BCUT2D eigenvalue weighted by molar-refractivity contribution is 5.70. The molecule has 0 amide bonds. The predicted octanol–water partition coefficient (Wildman–Crippen LogP) is 7.27. The Bertz CT molecular complexity index is 760. The second-order valence-corrected chi connectivity index (χ2v) is 6.42. The van der Waals surface area contributed by atoms with Gasteiger partial charge in [-0.1, -0.05) is 86.8 Å². The van der Waals surface area contributed by atoms with Gasteiger partial charge >= 0.3 is 0 Å². The van der Waals surface area contributed by atoms with Gasteiger partial charge in [-0.05, 0) is 42.2 Å². The third-order valence-electron chi connectivity index (χ3n) is 4.44. The summed E-state index contributed by atoms with van der Waals surface area (Å²) in [6.07, 6.45) is 6.36. The van der Waals surface area contributed by atoms with Crippen molar-refractivity contribution < 1.29 is 4.74 Å². The second-order valence-electron chi connectivity index (χ2n) is 6.42. The van der Waals surface area contributed by atoms with Crippen LogP contribution < -0.4 is 4.74 Å². The molecule has 1 nitrogen and oxygen atoms in total. The van der Waals surface area contributed by atoms with Crippen LogP contribution in [0.2, 0.25) is 0 Å². The van der Waals surface area contributed by atoms with Gasteiger partial charge in [0.25, 0.3) is 0 Å². The van der Waals surface area contributed by atoms with Crippen molar-refractivity contribution in [3.63, 3.8) is 0 Å². The molecule has 3 rings (SSSR count). The van der Waals surface area contributed by atoms with Gasteiger partial charge in [-0.15, -0.1) is 0 Å². The number of hydrogen-bond donors (Lipinski definition) is 0. The highest BCUT2D eigenvalue weighted by Gasteiger charge is 2.06. The van der Waals surface area contributed by atoms with E-state index in [9.17, 15) is 0 Å². The first kappa shape index (κ1) is 17.3. The van der Waals surface area contributed by atoms with Gasteiger partial charge < -0.3 is 4.74 Å². The number of unbranched alkanes of at least 4 members (excludes halogenated alkanes) is 3. The van der Waals surface area contributed by atoms with E-state index < -0.39 is 0 Å². The smallest absolute Gasteiger partial charge is 0.135 e. The van der Waals surface area contributed by atoms with E-state index in [1.807, 2.05) is 18.2 Å². The topological polar surface area (TPSA) is 9.23 Å². The maximum atomic E-state index is 6.16. The molecule has 3 aromatic carbocycles. The molecule has 0 unspecified atom stereocenters. The highest BCUT2D eigenvalue weighted by Crippen LogP contribution is 2.33. The van der Waals surface area contributed by atoms with Crippen LogP contribution in [0.3, 0.4) is 0 Å². The molecule has 0 spiro atoms. The zero-order valence-electron chi connectivity index (χ0n) is 14.9. The third kappa shape index (κ3) is 4.96. The first-order valence-electron chi connectivity index (χ1n) is 9.28. The number of ether oxygens (including phenoxy) is 1. The first-order valence-corrected chi connectivity index (χ1v) is 9.28. The Hall–Kier alpha value is -2.54. The Kier molecular flexibility index (Phi) is 6.28. The maximum Gasteiger partial charge on any atom is 0.135 e. The molecule has 1 heteroatoms. The number of hydrogen-bond acceptors (Lipinski definition) is 1. The van der Waals surface area contributed by atoms with Gasteiger partial charge in [-0.2, -0.15) is 0 Å². The van der Waals surface area contributed by atoms with E-state index in [0.29, 0.717) is 0 Å².